The van der Waals surface area contributed by atoms with Crippen LogP contribution in [0.2, 0.25) is 0 Å². The van der Waals surface area contributed by atoms with E-state index < -0.39 is 11.8 Å². The van der Waals surface area contributed by atoms with Crippen molar-refractivity contribution in [1.82, 2.24) is 5.32 Å². The summed E-state index contributed by atoms with van der Waals surface area (Å²) >= 11 is 0. The maximum absolute atomic E-state index is 13.1. The molecule has 0 amide bonds. The molecule has 0 radical (unpaired) electrons. The topological polar surface area (TPSA) is 49.3 Å². The third-order valence-electron chi connectivity index (χ3n) is 2.24. The summed E-state index contributed by atoms with van der Waals surface area (Å²) < 4.78 is 13.1. The minimum Gasteiger partial charge on any atom is -0.478 e. The highest BCUT2D eigenvalue weighted by molar-refractivity contribution is 5.88. The maximum atomic E-state index is 13.1. The molecule has 1 aliphatic heterocycles. The normalized spacial score (nSPS) is 14.6. The molecule has 1 aliphatic rings. The van der Waals surface area contributed by atoms with E-state index in [9.17, 15) is 9.18 Å². The molecule has 0 bridgehead atoms. The molecule has 0 spiro atoms. The first kappa shape index (κ1) is 9.86. The van der Waals surface area contributed by atoms with Crippen LogP contribution in [0.25, 0.3) is 6.08 Å². The average Bonchev–Trinajstić information content (AvgIpc) is 2.10. The van der Waals surface area contributed by atoms with Crippen LogP contribution in [0.15, 0.2) is 23.8 Å². The predicted molar refractivity (Wildman–Crippen MR) is 54.2 cm³/mol. The molecule has 4 heteroatoms. The lowest BCUT2D eigenvalue weighted by Crippen LogP contribution is -2.33. The van der Waals surface area contributed by atoms with Crippen molar-refractivity contribution in [2.75, 3.05) is 13.1 Å². The number of benzene rings is 1. The van der Waals surface area contributed by atoms with Crippen LogP contribution in [0.1, 0.15) is 15.9 Å². The fraction of sp³-hybridized carbons (Fsp3) is 0.182. The van der Waals surface area contributed by atoms with Gasteiger partial charge in [-0.1, -0.05) is 6.08 Å². The highest BCUT2D eigenvalue weighted by Crippen LogP contribution is 2.14. The lowest BCUT2D eigenvalue weighted by Gasteiger charge is -2.18. The van der Waals surface area contributed by atoms with Crippen LogP contribution in [-0.4, -0.2) is 24.2 Å². The lowest BCUT2D eigenvalue weighted by molar-refractivity contribution is 0.0696. The Morgan fingerprint density at radius 1 is 1.40 bits per heavy atom. The average molecular weight is 207 g/mol. The van der Waals surface area contributed by atoms with Gasteiger partial charge >= 0.3 is 5.97 Å². The molecule has 1 heterocycles. The first-order chi connectivity index (χ1) is 7.15. The molecule has 1 saturated heterocycles. The first-order valence-corrected chi connectivity index (χ1v) is 4.59. The van der Waals surface area contributed by atoms with Gasteiger partial charge in [0.25, 0.3) is 0 Å². The molecule has 0 atom stereocenters. The van der Waals surface area contributed by atoms with Gasteiger partial charge in [-0.25, -0.2) is 9.18 Å². The van der Waals surface area contributed by atoms with Crippen molar-refractivity contribution in [3.8, 4) is 0 Å². The number of hydrogen-bond acceptors (Lipinski definition) is 2. The second-order valence-electron chi connectivity index (χ2n) is 3.48. The van der Waals surface area contributed by atoms with E-state index in [1.807, 2.05) is 6.08 Å². The molecule has 3 nitrogen and oxygen atoms in total. The van der Waals surface area contributed by atoms with Gasteiger partial charge < -0.3 is 10.4 Å². The number of halogens is 1. The third kappa shape index (κ3) is 2.22. The van der Waals surface area contributed by atoms with Crippen LogP contribution >= 0.6 is 0 Å². The summed E-state index contributed by atoms with van der Waals surface area (Å²) in [4.78, 5) is 10.7. The van der Waals surface area contributed by atoms with Crippen LogP contribution in [0.4, 0.5) is 4.39 Å². The fourth-order valence-electron chi connectivity index (χ4n) is 1.43. The number of nitrogens with one attached hydrogen (secondary N) is 1. The number of aromatic carboxylic acids is 1. The molecular formula is C11H10FNO2. The number of rotatable bonds is 2. The Bertz CT molecular complexity index is 434. The van der Waals surface area contributed by atoms with Crippen molar-refractivity contribution in [3.05, 3.63) is 40.7 Å². The molecule has 15 heavy (non-hydrogen) atoms. The van der Waals surface area contributed by atoms with Gasteiger partial charge in [0.2, 0.25) is 0 Å². The van der Waals surface area contributed by atoms with Crippen LogP contribution in [0, 0.1) is 5.82 Å². The first-order valence-electron chi connectivity index (χ1n) is 4.59. The zero-order valence-electron chi connectivity index (χ0n) is 7.96. The molecule has 2 N–H and O–H groups in total. The minimum atomic E-state index is -1.11. The van der Waals surface area contributed by atoms with Crippen molar-refractivity contribution in [2.24, 2.45) is 0 Å². The van der Waals surface area contributed by atoms with Gasteiger partial charge in [0.05, 0.1) is 5.56 Å². The quantitative estimate of drug-likeness (QED) is 0.772. The third-order valence-corrected chi connectivity index (χ3v) is 2.24. The molecule has 0 aliphatic carbocycles. The van der Waals surface area contributed by atoms with Crippen LogP contribution < -0.4 is 5.32 Å². The molecule has 2 rings (SSSR count). The van der Waals surface area contributed by atoms with Gasteiger partial charge in [-0.15, -0.1) is 0 Å². The van der Waals surface area contributed by atoms with E-state index in [1.54, 1.807) is 0 Å². The molecule has 0 saturated carbocycles. The summed E-state index contributed by atoms with van der Waals surface area (Å²) in [7, 11) is 0. The Morgan fingerprint density at radius 2 is 2.13 bits per heavy atom. The minimum absolute atomic E-state index is 0.0193. The highest BCUT2D eigenvalue weighted by Gasteiger charge is 2.09. The monoisotopic (exact) mass is 207 g/mol. The van der Waals surface area contributed by atoms with Crippen molar-refractivity contribution >= 4 is 12.0 Å². The van der Waals surface area contributed by atoms with Gasteiger partial charge in [0, 0.05) is 13.1 Å². The SMILES string of the molecule is O=C(O)c1cc(F)cc(C=C2CNC2)c1. The summed E-state index contributed by atoms with van der Waals surface area (Å²) in [5.74, 6) is -1.63. The molecule has 0 aromatic heterocycles. The van der Waals surface area contributed by atoms with E-state index in [2.05, 4.69) is 5.32 Å². The Labute approximate surface area is 86.2 Å². The van der Waals surface area contributed by atoms with Crippen molar-refractivity contribution in [3.63, 3.8) is 0 Å². The smallest absolute Gasteiger partial charge is 0.335 e. The van der Waals surface area contributed by atoms with Crippen LogP contribution in [0.5, 0.6) is 0 Å². The number of hydrogen-bond donors (Lipinski definition) is 2. The van der Waals surface area contributed by atoms with Crippen molar-refractivity contribution < 1.29 is 14.3 Å². The van der Waals surface area contributed by atoms with E-state index in [-0.39, 0.29) is 5.56 Å². The molecule has 78 valence electrons. The number of carbonyl (C=O) groups is 1. The van der Waals surface area contributed by atoms with Gasteiger partial charge in [0.15, 0.2) is 0 Å². The van der Waals surface area contributed by atoms with Gasteiger partial charge in [0.1, 0.15) is 5.82 Å². The van der Waals surface area contributed by atoms with E-state index in [1.165, 1.54) is 12.1 Å². The van der Waals surface area contributed by atoms with Gasteiger partial charge in [-0.2, -0.15) is 0 Å². The maximum Gasteiger partial charge on any atom is 0.335 e. The Kier molecular flexibility index (Phi) is 2.51. The van der Waals surface area contributed by atoms with Crippen LogP contribution in [-0.2, 0) is 0 Å². The zero-order chi connectivity index (χ0) is 10.8. The highest BCUT2D eigenvalue weighted by atomic mass is 19.1. The van der Waals surface area contributed by atoms with Crippen molar-refractivity contribution in [1.29, 1.82) is 0 Å². The standard InChI is InChI=1S/C11H10FNO2/c12-10-3-7(1-8-5-13-6-8)2-9(4-10)11(14)15/h1-4,13H,5-6H2,(H,14,15). The van der Waals surface area contributed by atoms with E-state index in [0.29, 0.717) is 5.56 Å². The van der Waals surface area contributed by atoms with E-state index >= 15 is 0 Å². The molecule has 1 fully saturated rings. The molecular weight excluding hydrogens is 197 g/mol. The van der Waals surface area contributed by atoms with E-state index in [4.69, 9.17) is 5.11 Å². The van der Waals surface area contributed by atoms with E-state index in [0.717, 1.165) is 24.7 Å². The number of carboxylic acid groups (broad SMARTS) is 1. The van der Waals surface area contributed by atoms with Crippen molar-refractivity contribution in [2.45, 2.75) is 0 Å². The van der Waals surface area contributed by atoms with Gasteiger partial charge in [-0.05, 0) is 29.3 Å². The second-order valence-corrected chi connectivity index (χ2v) is 3.48. The predicted octanol–water partition coefficient (Wildman–Crippen LogP) is 1.51. The Hall–Kier alpha value is -1.68. The summed E-state index contributed by atoms with van der Waals surface area (Å²) in [5.41, 5.74) is 1.73. The molecule has 1 aromatic carbocycles. The number of carboxylic acids is 1. The summed E-state index contributed by atoms with van der Waals surface area (Å²) in [6.45, 7) is 1.58. The Balaban J connectivity index is 2.34. The lowest BCUT2D eigenvalue weighted by atomic mass is 10.0. The molecule has 1 aromatic rings. The summed E-state index contributed by atoms with van der Waals surface area (Å²) in [6, 6.07) is 3.82. The largest absolute Gasteiger partial charge is 0.478 e. The Morgan fingerprint density at radius 3 is 2.67 bits per heavy atom. The second kappa shape index (κ2) is 3.82. The van der Waals surface area contributed by atoms with Gasteiger partial charge in [-0.3, -0.25) is 0 Å². The zero-order valence-corrected chi connectivity index (χ0v) is 7.96. The van der Waals surface area contributed by atoms with Crippen LogP contribution in [0.3, 0.4) is 0 Å². The fourth-order valence-corrected chi connectivity index (χ4v) is 1.43. The molecule has 0 unspecified atom stereocenters. The summed E-state index contributed by atoms with van der Waals surface area (Å²) in [6.07, 6.45) is 1.81. The summed E-state index contributed by atoms with van der Waals surface area (Å²) in [5, 5.41) is 11.8.